The molecule has 1 aromatic carbocycles. The van der Waals surface area contributed by atoms with Gasteiger partial charge in [-0.1, -0.05) is 31.4 Å². The lowest BCUT2D eigenvalue weighted by molar-refractivity contribution is -0.127. The molecule has 5 heteroatoms. The van der Waals surface area contributed by atoms with Crippen molar-refractivity contribution in [1.82, 2.24) is 5.32 Å². The molecule has 0 radical (unpaired) electrons. The molecule has 1 amide bonds. The van der Waals surface area contributed by atoms with Crippen LogP contribution in [0.3, 0.4) is 0 Å². The van der Waals surface area contributed by atoms with Crippen LogP contribution in [0.5, 0.6) is 5.75 Å². The van der Waals surface area contributed by atoms with Crippen LogP contribution in [-0.4, -0.2) is 38.2 Å². The molecule has 1 aromatic rings. The van der Waals surface area contributed by atoms with Gasteiger partial charge in [0.1, 0.15) is 5.75 Å². The van der Waals surface area contributed by atoms with Crippen molar-refractivity contribution in [3.8, 4) is 5.75 Å². The molecule has 3 N–H and O–H groups in total. The van der Waals surface area contributed by atoms with Crippen LogP contribution in [0.25, 0.3) is 0 Å². The molecule has 0 spiro atoms. The van der Waals surface area contributed by atoms with Gasteiger partial charge in [-0.3, -0.25) is 4.79 Å². The summed E-state index contributed by atoms with van der Waals surface area (Å²) in [7, 11) is 1.71. The number of rotatable bonds is 5. The summed E-state index contributed by atoms with van der Waals surface area (Å²) in [5.74, 6) is 1.41. The van der Waals surface area contributed by atoms with Gasteiger partial charge >= 0.3 is 0 Å². The van der Waals surface area contributed by atoms with E-state index in [-0.39, 0.29) is 5.91 Å². The van der Waals surface area contributed by atoms with E-state index < -0.39 is 5.54 Å². The number of carbonyl (C=O) groups excluding carboxylic acids is 1. The lowest BCUT2D eigenvalue weighted by Crippen LogP contribution is -2.55. The van der Waals surface area contributed by atoms with Crippen LogP contribution in [0.4, 0.5) is 5.69 Å². The first-order valence-corrected chi connectivity index (χ1v) is 9.07. The van der Waals surface area contributed by atoms with Crippen molar-refractivity contribution in [3.63, 3.8) is 0 Å². The Labute approximate surface area is 144 Å². The number of para-hydroxylation sites is 2. The number of methoxy groups -OCH3 is 1. The van der Waals surface area contributed by atoms with Crippen molar-refractivity contribution in [2.24, 2.45) is 11.7 Å². The average molecular weight is 331 g/mol. The van der Waals surface area contributed by atoms with Gasteiger partial charge in [0.25, 0.3) is 0 Å². The molecule has 5 nitrogen and oxygen atoms in total. The maximum atomic E-state index is 12.5. The molecule has 1 heterocycles. The van der Waals surface area contributed by atoms with Crippen molar-refractivity contribution in [1.29, 1.82) is 0 Å². The molecule has 0 bridgehead atoms. The van der Waals surface area contributed by atoms with Crippen molar-refractivity contribution < 1.29 is 9.53 Å². The first-order chi connectivity index (χ1) is 11.6. The van der Waals surface area contributed by atoms with Gasteiger partial charge in [0, 0.05) is 19.6 Å². The topological polar surface area (TPSA) is 67.6 Å². The fourth-order valence-electron chi connectivity index (χ4n) is 3.93. The zero-order valence-electron chi connectivity index (χ0n) is 14.6. The number of nitrogens with zero attached hydrogens (tertiary/aromatic N) is 1. The zero-order valence-corrected chi connectivity index (χ0v) is 14.6. The number of ether oxygens (including phenoxy) is 1. The summed E-state index contributed by atoms with van der Waals surface area (Å²) in [6, 6.07) is 8.11. The highest BCUT2D eigenvalue weighted by Crippen LogP contribution is 2.32. The molecule has 0 aromatic heterocycles. The minimum absolute atomic E-state index is 0.0398. The second kappa shape index (κ2) is 7.43. The maximum absolute atomic E-state index is 12.5. The summed E-state index contributed by atoms with van der Waals surface area (Å²) in [5.41, 5.74) is 6.80. The molecule has 1 aliphatic heterocycles. The Morgan fingerprint density at radius 3 is 2.83 bits per heavy atom. The van der Waals surface area contributed by atoms with Crippen LogP contribution < -0.4 is 20.7 Å². The largest absolute Gasteiger partial charge is 0.495 e. The third kappa shape index (κ3) is 3.66. The second-order valence-corrected chi connectivity index (χ2v) is 7.20. The Kier molecular flexibility index (Phi) is 5.29. The Hall–Kier alpha value is -1.75. The fraction of sp³-hybridized carbons (Fsp3) is 0.632. The Bertz CT molecular complexity index is 569. The van der Waals surface area contributed by atoms with Crippen LogP contribution >= 0.6 is 0 Å². The smallest absolute Gasteiger partial charge is 0.240 e. The number of hydrogen-bond donors (Lipinski definition) is 2. The molecule has 2 aliphatic rings. The van der Waals surface area contributed by atoms with E-state index in [9.17, 15) is 4.79 Å². The molecule has 24 heavy (non-hydrogen) atoms. The standard InChI is InChI=1S/C19H29N3O2/c1-24-17-8-4-3-7-16(17)22-12-9-15(14-22)13-21-18(23)19(20)10-5-2-6-11-19/h3-4,7-8,15H,2,5-6,9-14,20H2,1H3,(H,21,23). The van der Waals surface area contributed by atoms with Crippen LogP contribution in [0, 0.1) is 5.92 Å². The summed E-state index contributed by atoms with van der Waals surface area (Å²) in [5, 5.41) is 3.11. The highest BCUT2D eigenvalue weighted by Gasteiger charge is 2.35. The van der Waals surface area contributed by atoms with Crippen molar-refractivity contribution in [2.45, 2.75) is 44.1 Å². The third-order valence-electron chi connectivity index (χ3n) is 5.46. The quantitative estimate of drug-likeness (QED) is 0.869. The van der Waals surface area contributed by atoms with Gasteiger partial charge in [0.2, 0.25) is 5.91 Å². The first-order valence-electron chi connectivity index (χ1n) is 9.07. The number of amides is 1. The van der Waals surface area contributed by atoms with Crippen molar-refractivity contribution in [2.75, 3.05) is 31.6 Å². The predicted molar refractivity (Wildman–Crippen MR) is 96.3 cm³/mol. The monoisotopic (exact) mass is 331 g/mol. The van der Waals surface area contributed by atoms with E-state index in [1.165, 1.54) is 6.42 Å². The SMILES string of the molecule is COc1ccccc1N1CCC(CNC(=O)C2(N)CCCCC2)C1. The number of nitrogens with two attached hydrogens (primary N) is 1. The number of hydrogen-bond acceptors (Lipinski definition) is 4. The van der Waals surface area contributed by atoms with Crippen molar-refractivity contribution in [3.05, 3.63) is 24.3 Å². The molecular weight excluding hydrogens is 302 g/mol. The molecule has 132 valence electrons. The molecule has 1 saturated heterocycles. The van der Waals surface area contributed by atoms with Gasteiger partial charge < -0.3 is 20.7 Å². The van der Waals surface area contributed by atoms with E-state index in [4.69, 9.17) is 10.5 Å². The molecule has 1 atom stereocenters. The molecular formula is C19H29N3O2. The lowest BCUT2D eigenvalue weighted by Gasteiger charge is -2.32. The van der Waals surface area contributed by atoms with Crippen molar-refractivity contribution >= 4 is 11.6 Å². The molecule has 2 fully saturated rings. The summed E-state index contributed by atoms with van der Waals surface area (Å²) >= 11 is 0. The van der Waals surface area contributed by atoms with Crippen LogP contribution in [-0.2, 0) is 4.79 Å². The zero-order chi connectivity index (χ0) is 17.0. The summed E-state index contributed by atoms with van der Waals surface area (Å²) in [6.07, 6.45) is 6.04. The van der Waals surface area contributed by atoms with E-state index in [0.29, 0.717) is 12.5 Å². The third-order valence-corrected chi connectivity index (χ3v) is 5.46. The van der Waals surface area contributed by atoms with Gasteiger partial charge in [0.05, 0.1) is 18.3 Å². The number of anilines is 1. The minimum atomic E-state index is -0.640. The fourth-order valence-corrected chi connectivity index (χ4v) is 3.93. The summed E-state index contributed by atoms with van der Waals surface area (Å²) < 4.78 is 5.46. The van der Waals surface area contributed by atoms with E-state index in [1.54, 1.807) is 7.11 Å². The van der Waals surface area contributed by atoms with E-state index >= 15 is 0 Å². The van der Waals surface area contributed by atoms with Gasteiger partial charge in [-0.25, -0.2) is 0 Å². The highest BCUT2D eigenvalue weighted by atomic mass is 16.5. The van der Waals surface area contributed by atoms with Crippen LogP contribution in [0.1, 0.15) is 38.5 Å². The molecule has 1 saturated carbocycles. The summed E-state index contributed by atoms with van der Waals surface area (Å²) in [4.78, 5) is 14.8. The Morgan fingerprint density at radius 2 is 2.08 bits per heavy atom. The Balaban J connectivity index is 1.52. The number of nitrogens with one attached hydrogen (secondary N) is 1. The lowest BCUT2D eigenvalue weighted by atomic mass is 9.82. The van der Waals surface area contributed by atoms with Gasteiger partial charge in [0.15, 0.2) is 0 Å². The van der Waals surface area contributed by atoms with Gasteiger partial charge in [-0.2, -0.15) is 0 Å². The van der Waals surface area contributed by atoms with Crippen LogP contribution in [0.2, 0.25) is 0 Å². The van der Waals surface area contributed by atoms with E-state index in [2.05, 4.69) is 16.3 Å². The van der Waals surface area contributed by atoms with Gasteiger partial charge in [-0.05, 0) is 37.3 Å². The molecule has 1 aliphatic carbocycles. The molecule has 3 rings (SSSR count). The number of benzene rings is 1. The van der Waals surface area contributed by atoms with E-state index in [1.807, 2.05) is 18.2 Å². The van der Waals surface area contributed by atoms with Gasteiger partial charge in [-0.15, -0.1) is 0 Å². The first kappa shape index (κ1) is 17.1. The minimum Gasteiger partial charge on any atom is -0.495 e. The van der Waals surface area contributed by atoms with E-state index in [0.717, 1.165) is 56.6 Å². The highest BCUT2D eigenvalue weighted by molar-refractivity contribution is 5.86. The Morgan fingerprint density at radius 1 is 1.33 bits per heavy atom. The normalized spacial score (nSPS) is 23.1. The second-order valence-electron chi connectivity index (χ2n) is 7.20. The summed E-state index contributed by atoms with van der Waals surface area (Å²) in [6.45, 7) is 2.65. The predicted octanol–water partition coefficient (Wildman–Crippen LogP) is 2.30. The number of carbonyl (C=O) groups is 1. The van der Waals surface area contributed by atoms with Crippen LogP contribution in [0.15, 0.2) is 24.3 Å². The maximum Gasteiger partial charge on any atom is 0.240 e. The average Bonchev–Trinajstić information content (AvgIpc) is 3.09. The molecule has 1 unspecified atom stereocenters.